The number of aromatic nitrogens is 2. The van der Waals surface area contributed by atoms with E-state index in [4.69, 9.17) is 11.6 Å². The van der Waals surface area contributed by atoms with Gasteiger partial charge in [0.15, 0.2) is 9.84 Å². The second-order valence-corrected chi connectivity index (χ2v) is 11.8. The predicted molar refractivity (Wildman–Crippen MR) is 123 cm³/mol. The van der Waals surface area contributed by atoms with Gasteiger partial charge in [-0.05, 0) is 43.7 Å². The van der Waals surface area contributed by atoms with Gasteiger partial charge in [-0.1, -0.05) is 23.7 Å². The van der Waals surface area contributed by atoms with Gasteiger partial charge >= 0.3 is 0 Å². The maximum Gasteiger partial charge on any atom is 0.225 e. The molecule has 5 rings (SSSR count). The molecule has 6 nitrogen and oxygen atoms in total. The number of fused-ring (bicyclic) bond motifs is 3. The predicted octanol–water partition coefficient (Wildman–Crippen LogP) is 4.66. The van der Waals surface area contributed by atoms with E-state index in [1.165, 1.54) is 6.07 Å². The Morgan fingerprint density at radius 2 is 1.94 bits per heavy atom. The summed E-state index contributed by atoms with van der Waals surface area (Å²) in [4.78, 5) is 9.23. The van der Waals surface area contributed by atoms with Crippen LogP contribution >= 0.6 is 22.9 Å². The fraction of sp³-hybridized carbons (Fsp3) is 0.429. The van der Waals surface area contributed by atoms with Crippen LogP contribution in [0.3, 0.4) is 0 Å². The zero-order valence-corrected chi connectivity index (χ0v) is 19.0. The van der Waals surface area contributed by atoms with Crippen LogP contribution in [-0.2, 0) is 16.3 Å². The van der Waals surface area contributed by atoms with Crippen molar-refractivity contribution in [1.82, 2.24) is 9.97 Å². The van der Waals surface area contributed by atoms with Gasteiger partial charge < -0.3 is 10.6 Å². The molecule has 10 heteroatoms. The molecular formula is C21H22ClFN4O2S2. The van der Waals surface area contributed by atoms with Crippen LogP contribution in [0.2, 0.25) is 5.02 Å². The molecule has 2 fully saturated rings. The van der Waals surface area contributed by atoms with E-state index < -0.39 is 15.7 Å². The third-order valence-corrected chi connectivity index (χ3v) is 10.1. The van der Waals surface area contributed by atoms with Crippen LogP contribution in [0, 0.1) is 5.82 Å². The van der Waals surface area contributed by atoms with Crippen LogP contribution in [0.5, 0.6) is 0 Å². The van der Waals surface area contributed by atoms with Crippen molar-refractivity contribution in [3.63, 3.8) is 0 Å². The molecule has 2 aliphatic heterocycles. The van der Waals surface area contributed by atoms with E-state index in [0.717, 1.165) is 35.1 Å². The standard InChI is InChI=1S/C21H22ClFN4O2S2/c22-19-12(2-1-3-17(19)23)6-7-24-21-26-18-11-30-10-16(18)20(27-21)25-13-8-14-4-5-15(9-13)31(14,28)29/h1-3,10-11,13-15H,4-9H2,(H2,24,25,26,27). The summed E-state index contributed by atoms with van der Waals surface area (Å²) >= 11 is 7.59. The Morgan fingerprint density at radius 3 is 2.71 bits per heavy atom. The minimum Gasteiger partial charge on any atom is -0.367 e. The molecule has 0 amide bonds. The summed E-state index contributed by atoms with van der Waals surface area (Å²) in [5, 5.41) is 11.3. The molecule has 164 valence electrons. The zero-order chi connectivity index (χ0) is 21.6. The largest absolute Gasteiger partial charge is 0.367 e. The van der Waals surface area contributed by atoms with Gasteiger partial charge in [-0.15, -0.1) is 11.3 Å². The average Bonchev–Trinajstić information content (AvgIpc) is 3.22. The maximum absolute atomic E-state index is 13.6. The first-order valence-corrected chi connectivity index (χ1v) is 13.2. The molecular weight excluding hydrogens is 459 g/mol. The van der Waals surface area contributed by atoms with E-state index in [1.54, 1.807) is 23.5 Å². The number of hydrogen-bond acceptors (Lipinski definition) is 7. The van der Waals surface area contributed by atoms with Crippen LogP contribution < -0.4 is 10.6 Å². The lowest BCUT2D eigenvalue weighted by molar-refractivity contribution is 0.521. The molecule has 2 N–H and O–H groups in total. The molecule has 0 saturated carbocycles. The molecule has 0 radical (unpaired) electrons. The van der Waals surface area contributed by atoms with Gasteiger partial charge in [0.2, 0.25) is 5.95 Å². The van der Waals surface area contributed by atoms with Crippen LogP contribution in [-0.4, -0.2) is 41.5 Å². The number of hydrogen-bond donors (Lipinski definition) is 2. The molecule has 3 aromatic rings. The number of halogens is 2. The van der Waals surface area contributed by atoms with E-state index in [1.807, 2.05) is 10.8 Å². The fourth-order valence-electron chi connectivity index (χ4n) is 4.62. The number of anilines is 2. The first-order chi connectivity index (χ1) is 14.9. The lowest BCUT2D eigenvalue weighted by Gasteiger charge is -2.29. The first-order valence-electron chi connectivity index (χ1n) is 10.3. The van der Waals surface area contributed by atoms with E-state index in [9.17, 15) is 12.8 Å². The summed E-state index contributed by atoms with van der Waals surface area (Å²) in [5.74, 6) is 0.777. The van der Waals surface area contributed by atoms with Crippen molar-refractivity contribution in [2.75, 3.05) is 17.2 Å². The SMILES string of the molecule is O=S1(=O)C2CCC1CC(Nc1nc(NCCc3cccc(F)c3Cl)nc3cscc13)C2. The highest BCUT2D eigenvalue weighted by Gasteiger charge is 2.46. The molecule has 2 aliphatic rings. The number of nitrogens with one attached hydrogen (secondary N) is 2. The van der Waals surface area contributed by atoms with E-state index in [-0.39, 0.29) is 21.6 Å². The number of rotatable bonds is 6. The molecule has 2 saturated heterocycles. The van der Waals surface area contributed by atoms with E-state index >= 15 is 0 Å². The second kappa shape index (κ2) is 8.18. The van der Waals surface area contributed by atoms with Gasteiger partial charge in [0.1, 0.15) is 11.6 Å². The Labute approximate surface area is 189 Å². The summed E-state index contributed by atoms with van der Waals surface area (Å²) in [6.07, 6.45) is 3.30. The Balaban J connectivity index is 1.31. The molecule has 0 aliphatic carbocycles. The summed E-state index contributed by atoms with van der Waals surface area (Å²) in [7, 11) is -2.96. The van der Waals surface area contributed by atoms with Gasteiger partial charge in [-0.25, -0.2) is 17.8 Å². The summed E-state index contributed by atoms with van der Waals surface area (Å²) in [6, 6.07) is 4.87. The number of sulfone groups is 1. The molecule has 2 aromatic heterocycles. The molecule has 2 unspecified atom stereocenters. The van der Waals surface area contributed by atoms with Crippen molar-refractivity contribution in [2.45, 2.75) is 48.6 Å². The van der Waals surface area contributed by atoms with Crippen LogP contribution in [0.1, 0.15) is 31.2 Å². The van der Waals surface area contributed by atoms with Crippen molar-refractivity contribution in [1.29, 1.82) is 0 Å². The zero-order valence-electron chi connectivity index (χ0n) is 16.6. The fourth-order valence-corrected chi connectivity index (χ4v) is 8.06. The minimum atomic E-state index is -2.96. The van der Waals surface area contributed by atoms with E-state index in [2.05, 4.69) is 20.6 Å². The summed E-state index contributed by atoms with van der Waals surface area (Å²) in [6.45, 7) is 0.504. The van der Waals surface area contributed by atoms with Gasteiger partial charge in [0.05, 0.1) is 26.4 Å². The molecule has 2 bridgehead atoms. The Morgan fingerprint density at radius 1 is 1.16 bits per heavy atom. The van der Waals surface area contributed by atoms with Crippen molar-refractivity contribution < 1.29 is 12.8 Å². The third kappa shape index (κ3) is 3.99. The Bertz CT molecular complexity index is 1210. The molecule has 4 heterocycles. The van der Waals surface area contributed by atoms with Crippen molar-refractivity contribution in [3.8, 4) is 0 Å². The summed E-state index contributed by atoms with van der Waals surface area (Å²) in [5.41, 5.74) is 1.56. The maximum atomic E-state index is 13.6. The molecule has 1 aromatic carbocycles. The number of nitrogens with zero attached hydrogens (tertiary/aromatic N) is 2. The van der Waals surface area contributed by atoms with Crippen LogP contribution in [0.4, 0.5) is 16.2 Å². The van der Waals surface area contributed by atoms with Crippen LogP contribution in [0.25, 0.3) is 10.9 Å². The van der Waals surface area contributed by atoms with Crippen molar-refractivity contribution in [2.24, 2.45) is 0 Å². The number of thiophene rings is 1. The van der Waals surface area contributed by atoms with Crippen LogP contribution in [0.15, 0.2) is 29.0 Å². The highest BCUT2D eigenvalue weighted by Crippen LogP contribution is 2.40. The summed E-state index contributed by atoms with van der Waals surface area (Å²) < 4.78 is 38.4. The quantitative estimate of drug-likeness (QED) is 0.534. The smallest absolute Gasteiger partial charge is 0.225 e. The molecule has 0 spiro atoms. The lowest BCUT2D eigenvalue weighted by atomic mass is 10.1. The minimum absolute atomic E-state index is 0.0815. The van der Waals surface area contributed by atoms with Crippen molar-refractivity contribution >= 4 is 55.4 Å². The Hall–Kier alpha value is -1.97. The second-order valence-electron chi connectivity index (χ2n) is 8.18. The number of benzene rings is 1. The first kappa shape index (κ1) is 20.9. The average molecular weight is 481 g/mol. The normalized spacial score (nSPS) is 24.4. The van der Waals surface area contributed by atoms with E-state index in [0.29, 0.717) is 31.8 Å². The highest BCUT2D eigenvalue weighted by molar-refractivity contribution is 7.93. The third-order valence-electron chi connectivity index (χ3n) is 6.23. The topological polar surface area (TPSA) is 84.0 Å². The van der Waals surface area contributed by atoms with Gasteiger partial charge in [0, 0.05) is 23.3 Å². The Kier molecular flexibility index (Phi) is 5.52. The van der Waals surface area contributed by atoms with Gasteiger partial charge in [0.25, 0.3) is 0 Å². The molecule has 31 heavy (non-hydrogen) atoms. The van der Waals surface area contributed by atoms with Gasteiger partial charge in [-0.2, -0.15) is 4.98 Å². The van der Waals surface area contributed by atoms with Gasteiger partial charge in [-0.3, -0.25) is 0 Å². The molecule has 2 atom stereocenters. The lowest BCUT2D eigenvalue weighted by Crippen LogP contribution is -2.39. The monoisotopic (exact) mass is 480 g/mol. The van der Waals surface area contributed by atoms with Crippen molar-refractivity contribution in [3.05, 3.63) is 45.4 Å². The highest BCUT2D eigenvalue weighted by atomic mass is 35.5.